The summed E-state index contributed by atoms with van der Waals surface area (Å²) in [5.41, 5.74) is 0.192. The smallest absolute Gasteiger partial charge is 0.475 e. The molecule has 2 rings (SSSR count). The second-order valence-corrected chi connectivity index (χ2v) is 6.96. The topological polar surface area (TPSA) is 123 Å². The molecule has 0 radical (unpaired) electrons. The molecule has 0 saturated carbocycles. The number of esters is 1. The van der Waals surface area contributed by atoms with E-state index in [9.17, 15) is 32.9 Å². The lowest BCUT2D eigenvalue weighted by Gasteiger charge is -2.29. The van der Waals surface area contributed by atoms with Crippen molar-refractivity contribution in [2.45, 2.75) is 39.2 Å². The molecule has 0 saturated heterocycles. The third-order valence-corrected chi connectivity index (χ3v) is 4.70. The van der Waals surface area contributed by atoms with Gasteiger partial charge in [-0.1, -0.05) is 11.6 Å². The van der Waals surface area contributed by atoms with Gasteiger partial charge in [0.05, 0.1) is 5.57 Å². The average Bonchev–Trinajstić information content (AvgIpc) is 2.68. The van der Waals surface area contributed by atoms with E-state index in [-0.39, 0.29) is 11.3 Å². The Bertz CT molecular complexity index is 949. The van der Waals surface area contributed by atoms with Crippen molar-refractivity contribution in [3.63, 3.8) is 0 Å². The summed E-state index contributed by atoms with van der Waals surface area (Å²) in [6, 6.07) is 1.32. The summed E-state index contributed by atoms with van der Waals surface area (Å²) in [5, 5.41) is 9.34. The Hall–Kier alpha value is -3.22. The van der Waals surface area contributed by atoms with Crippen molar-refractivity contribution in [3.05, 3.63) is 43.5 Å². The van der Waals surface area contributed by atoms with Crippen LogP contribution in [0.3, 0.4) is 0 Å². The van der Waals surface area contributed by atoms with Gasteiger partial charge in [-0.3, -0.25) is 0 Å². The van der Waals surface area contributed by atoms with Gasteiger partial charge < -0.3 is 23.8 Å². The highest BCUT2D eigenvalue weighted by Gasteiger charge is 2.49. The molecule has 0 fully saturated rings. The SMILES string of the molecule is Cc1cc2c(c(C)c1Cl)C=C(C(=O)OCOC(=O)OCC(C)O[N+](=O)[O-])[C@@H](C(F)(F)F)O2. The number of aryl methyl sites for hydroxylation is 1. The highest BCUT2D eigenvalue weighted by Crippen LogP contribution is 2.41. The fourth-order valence-electron chi connectivity index (χ4n) is 2.66. The lowest BCUT2D eigenvalue weighted by Crippen LogP contribution is -2.41. The van der Waals surface area contributed by atoms with Crippen LogP contribution in [0.5, 0.6) is 5.75 Å². The maximum atomic E-state index is 13.5. The Balaban J connectivity index is 2.07. The van der Waals surface area contributed by atoms with Crippen LogP contribution in [0.15, 0.2) is 11.6 Å². The monoisotopic (exact) mass is 483 g/mol. The van der Waals surface area contributed by atoms with E-state index in [0.29, 0.717) is 16.1 Å². The molecule has 0 amide bonds. The number of carbonyl (C=O) groups excluding carboxylic acids is 2. The summed E-state index contributed by atoms with van der Waals surface area (Å²) in [5.74, 6) is -1.55. The molecule has 0 bridgehead atoms. The van der Waals surface area contributed by atoms with E-state index in [4.69, 9.17) is 16.3 Å². The van der Waals surface area contributed by atoms with E-state index >= 15 is 0 Å². The number of rotatable bonds is 7. The van der Waals surface area contributed by atoms with Crippen molar-refractivity contribution in [2.75, 3.05) is 13.4 Å². The molecular formula is C18H17ClF3NO9. The highest BCUT2D eigenvalue weighted by atomic mass is 35.5. The van der Waals surface area contributed by atoms with Crippen LogP contribution in [-0.2, 0) is 23.8 Å². The van der Waals surface area contributed by atoms with Crippen molar-refractivity contribution in [3.8, 4) is 5.75 Å². The zero-order valence-corrected chi connectivity index (χ0v) is 17.6. The number of ether oxygens (including phenoxy) is 4. The van der Waals surface area contributed by atoms with E-state index in [0.717, 1.165) is 6.08 Å². The molecule has 10 nitrogen and oxygen atoms in total. The van der Waals surface area contributed by atoms with Crippen LogP contribution in [0.4, 0.5) is 18.0 Å². The van der Waals surface area contributed by atoms with Gasteiger partial charge in [-0.05, 0) is 44.0 Å². The van der Waals surface area contributed by atoms with Crippen LogP contribution in [0.1, 0.15) is 23.6 Å². The highest BCUT2D eigenvalue weighted by molar-refractivity contribution is 6.32. The molecule has 1 aromatic rings. The van der Waals surface area contributed by atoms with E-state index < -0.39 is 54.6 Å². The van der Waals surface area contributed by atoms with Crippen LogP contribution in [0.25, 0.3) is 6.08 Å². The van der Waals surface area contributed by atoms with Crippen molar-refractivity contribution < 1.29 is 51.6 Å². The quantitative estimate of drug-likeness (QED) is 0.245. The van der Waals surface area contributed by atoms with Gasteiger partial charge >= 0.3 is 18.3 Å². The minimum Gasteiger partial charge on any atom is -0.475 e. The van der Waals surface area contributed by atoms with Crippen molar-refractivity contribution in [2.24, 2.45) is 0 Å². The predicted octanol–water partition coefficient (Wildman–Crippen LogP) is 3.91. The van der Waals surface area contributed by atoms with Gasteiger partial charge in [-0.2, -0.15) is 13.2 Å². The van der Waals surface area contributed by atoms with Crippen LogP contribution < -0.4 is 4.74 Å². The predicted molar refractivity (Wildman–Crippen MR) is 100 cm³/mol. The van der Waals surface area contributed by atoms with Gasteiger partial charge in [0.1, 0.15) is 18.5 Å². The van der Waals surface area contributed by atoms with E-state index in [1.54, 1.807) is 13.8 Å². The molecule has 1 aliphatic rings. The second kappa shape index (κ2) is 9.94. The van der Waals surface area contributed by atoms with Gasteiger partial charge in [0.15, 0.2) is 0 Å². The number of alkyl halides is 3. The fourth-order valence-corrected chi connectivity index (χ4v) is 2.82. The maximum absolute atomic E-state index is 13.5. The molecule has 1 heterocycles. The van der Waals surface area contributed by atoms with Crippen LogP contribution in [-0.4, -0.2) is 49.0 Å². The number of carbonyl (C=O) groups is 2. The average molecular weight is 484 g/mol. The molecular weight excluding hydrogens is 467 g/mol. The summed E-state index contributed by atoms with van der Waals surface area (Å²) < 4.78 is 58.9. The number of fused-ring (bicyclic) bond motifs is 1. The third-order valence-electron chi connectivity index (χ3n) is 4.12. The molecule has 0 aromatic heterocycles. The molecule has 32 heavy (non-hydrogen) atoms. The minimum atomic E-state index is -4.95. The summed E-state index contributed by atoms with van der Waals surface area (Å²) >= 11 is 6.13. The lowest BCUT2D eigenvalue weighted by molar-refractivity contribution is -0.767. The number of nitrogens with zero attached hydrogens (tertiary/aromatic N) is 1. The first kappa shape index (κ1) is 25.0. The lowest BCUT2D eigenvalue weighted by atomic mass is 9.96. The summed E-state index contributed by atoms with van der Waals surface area (Å²) in [7, 11) is 0. The Kier molecular flexibility index (Phi) is 7.78. The second-order valence-electron chi connectivity index (χ2n) is 6.58. The first-order valence-electron chi connectivity index (χ1n) is 8.83. The number of hydrogen-bond donors (Lipinski definition) is 0. The summed E-state index contributed by atoms with van der Waals surface area (Å²) in [4.78, 5) is 37.9. The molecule has 1 aliphatic heterocycles. The first-order valence-corrected chi connectivity index (χ1v) is 9.21. The van der Waals surface area contributed by atoms with Gasteiger partial charge in [0.25, 0.3) is 5.09 Å². The maximum Gasteiger partial charge on any atom is 0.511 e. The van der Waals surface area contributed by atoms with Crippen molar-refractivity contribution in [1.82, 2.24) is 0 Å². The van der Waals surface area contributed by atoms with Crippen LogP contribution >= 0.6 is 11.6 Å². The normalized spacial score (nSPS) is 16.1. The van der Waals surface area contributed by atoms with Crippen molar-refractivity contribution in [1.29, 1.82) is 0 Å². The molecule has 176 valence electrons. The minimum absolute atomic E-state index is 0.103. The van der Waals surface area contributed by atoms with E-state index in [1.165, 1.54) is 13.0 Å². The number of hydrogen-bond acceptors (Lipinski definition) is 9. The standard InChI is InChI=1S/C18H17ClF3NO9/c1-8-4-13-11(10(3)14(8)19)5-12(15(31-13)18(20,21)22)16(24)29-7-30-17(25)28-6-9(2)32-23(26)27/h4-5,9,15H,6-7H2,1-3H3/t9?,15-/m0/s1. The molecule has 0 N–H and O–H groups in total. The summed E-state index contributed by atoms with van der Waals surface area (Å²) in [6.07, 6.45) is -9.10. The first-order chi connectivity index (χ1) is 14.8. The Morgan fingerprint density at radius 2 is 1.94 bits per heavy atom. The van der Waals surface area contributed by atoms with Gasteiger partial charge in [-0.15, -0.1) is 10.1 Å². The molecule has 0 spiro atoms. The van der Waals surface area contributed by atoms with E-state index in [2.05, 4.69) is 19.0 Å². The molecule has 14 heteroatoms. The third kappa shape index (κ3) is 6.15. The molecule has 1 aromatic carbocycles. The van der Waals surface area contributed by atoms with E-state index in [1.807, 2.05) is 0 Å². The van der Waals surface area contributed by atoms with Gasteiger partial charge in [-0.25, -0.2) is 9.59 Å². The molecule has 1 unspecified atom stereocenters. The zero-order valence-electron chi connectivity index (χ0n) is 16.9. The number of benzene rings is 1. The largest absolute Gasteiger partial charge is 0.511 e. The van der Waals surface area contributed by atoms with Gasteiger partial charge in [0.2, 0.25) is 12.9 Å². The van der Waals surface area contributed by atoms with Gasteiger partial charge in [0, 0.05) is 10.6 Å². The Morgan fingerprint density at radius 1 is 1.28 bits per heavy atom. The Labute approximate surface area is 183 Å². The zero-order chi connectivity index (χ0) is 24.2. The summed E-state index contributed by atoms with van der Waals surface area (Å²) in [6.45, 7) is 2.74. The van der Waals surface area contributed by atoms with Crippen molar-refractivity contribution >= 4 is 29.8 Å². The van der Waals surface area contributed by atoms with Crippen LogP contribution in [0.2, 0.25) is 5.02 Å². The molecule has 0 aliphatic carbocycles. The van der Waals surface area contributed by atoms with Crippen LogP contribution in [0, 0.1) is 24.0 Å². The molecule has 2 atom stereocenters. The Morgan fingerprint density at radius 3 is 2.53 bits per heavy atom. The fraction of sp³-hybridized carbons (Fsp3) is 0.444. The number of halogens is 4.